The second-order valence-electron chi connectivity index (χ2n) is 5.76. The van der Waals surface area contributed by atoms with Crippen LogP contribution >= 0.6 is 12.2 Å². The Kier molecular flexibility index (Phi) is 4.94. The Bertz CT molecular complexity index is 434. The Morgan fingerprint density at radius 3 is 2.53 bits per heavy atom. The Morgan fingerprint density at radius 2 is 1.89 bits per heavy atom. The van der Waals surface area contributed by atoms with E-state index in [2.05, 4.69) is 43.0 Å². The number of hydrogen-bond donors (Lipinski definition) is 1. The van der Waals surface area contributed by atoms with Crippen molar-refractivity contribution in [2.75, 3.05) is 0 Å². The second kappa shape index (κ2) is 6.49. The fraction of sp³-hybridized carbons (Fsp3) is 0.562. The van der Waals surface area contributed by atoms with E-state index in [-0.39, 0.29) is 0 Å². The molecule has 1 fully saturated rings. The van der Waals surface area contributed by atoms with Gasteiger partial charge in [-0.25, -0.2) is 0 Å². The van der Waals surface area contributed by atoms with E-state index in [0.717, 1.165) is 6.54 Å². The van der Waals surface area contributed by atoms with Crippen LogP contribution in [-0.2, 0) is 13.0 Å². The molecular formula is C16H24N2S. The van der Waals surface area contributed by atoms with E-state index in [1.807, 2.05) is 0 Å². The molecule has 19 heavy (non-hydrogen) atoms. The lowest BCUT2D eigenvalue weighted by molar-refractivity contribution is 0.0952. The van der Waals surface area contributed by atoms with Crippen LogP contribution in [0.5, 0.6) is 0 Å². The zero-order chi connectivity index (χ0) is 13.8. The summed E-state index contributed by atoms with van der Waals surface area (Å²) in [7, 11) is 0. The molecule has 0 spiro atoms. The van der Waals surface area contributed by atoms with E-state index in [9.17, 15) is 0 Å². The van der Waals surface area contributed by atoms with Crippen molar-refractivity contribution in [3.63, 3.8) is 0 Å². The van der Waals surface area contributed by atoms with Crippen LogP contribution in [0, 0.1) is 0 Å². The van der Waals surface area contributed by atoms with Crippen molar-refractivity contribution < 1.29 is 0 Å². The fourth-order valence-electron chi connectivity index (χ4n) is 3.04. The van der Waals surface area contributed by atoms with Crippen LogP contribution in [0.3, 0.4) is 0 Å². The molecule has 0 amide bonds. The lowest BCUT2D eigenvalue weighted by Gasteiger charge is -2.39. The Labute approximate surface area is 122 Å². The molecule has 2 unspecified atom stereocenters. The Balaban J connectivity index is 2.07. The number of nitrogens with two attached hydrogens (primary N) is 1. The average Bonchev–Trinajstić information content (AvgIpc) is 2.34. The molecule has 0 saturated carbocycles. The standard InChI is InChI=1S/C16H24N2S/c1-12-5-3-6-13(2)18(12)11-15-8-4-7-14(9-15)10-16(17)19/h4,7-9,12-13H,3,5-6,10-11H2,1-2H3,(H2,17,19). The van der Waals surface area contributed by atoms with Crippen LogP contribution in [-0.4, -0.2) is 22.0 Å². The van der Waals surface area contributed by atoms with Crippen LogP contribution in [0.2, 0.25) is 0 Å². The number of likely N-dealkylation sites (tertiary alicyclic amines) is 1. The summed E-state index contributed by atoms with van der Waals surface area (Å²) in [5.41, 5.74) is 8.22. The quantitative estimate of drug-likeness (QED) is 0.856. The topological polar surface area (TPSA) is 29.3 Å². The van der Waals surface area contributed by atoms with Crippen LogP contribution < -0.4 is 5.73 Å². The van der Waals surface area contributed by atoms with E-state index in [1.54, 1.807) is 0 Å². The number of thiocarbonyl (C=S) groups is 1. The summed E-state index contributed by atoms with van der Waals surface area (Å²) >= 11 is 4.99. The molecule has 0 bridgehead atoms. The van der Waals surface area contributed by atoms with Crippen molar-refractivity contribution in [1.82, 2.24) is 4.90 Å². The molecule has 2 atom stereocenters. The van der Waals surface area contributed by atoms with E-state index < -0.39 is 0 Å². The molecule has 0 aliphatic carbocycles. The summed E-state index contributed by atoms with van der Waals surface area (Å²) in [4.78, 5) is 3.18. The average molecular weight is 276 g/mol. The smallest absolute Gasteiger partial charge is 0.0771 e. The molecule has 0 aromatic heterocycles. The summed E-state index contributed by atoms with van der Waals surface area (Å²) in [6.07, 6.45) is 4.70. The highest BCUT2D eigenvalue weighted by molar-refractivity contribution is 7.80. The molecule has 3 heteroatoms. The highest BCUT2D eigenvalue weighted by Gasteiger charge is 2.24. The van der Waals surface area contributed by atoms with E-state index >= 15 is 0 Å². The minimum atomic E-state index is 0.567. The van der Waals surface area contributed by atoms with Gasteiger partial charge in [0.2, 0.25) is 0 Å². The van der Waals surface area contributed by atoms with Crippen LogP contribution in [0.15, 0.2) is 24.3 Å². The highest BCUT2D eigenvalue weighted by atomic mass is 32.1. The molecule has 1 heterocycles. The van der Waals surface area contributed by atoms with Crippen molar-refractivity contribution in [1.29, 1.82) is 0 Å². The molecule has 2 rings (SSSR count). The maximum atomic E-state index is 5.62. The van der Waals surface area contributed by atoms with Crippen molar-refractivity contribution in [2.24, 2.45) is 5.73 Å². The molecule has 1 aromatic rings. The SMILES string of the molecule is CC1CCCC(C)N1Cc1cccc(CC(N)=S)c1. The Hall–Kier alpha value is -0.930. The minimum Gasteiger partial charge on any atom is -0.393 e. The van der Waals surface area contributed by atoms with Crippen molar-refractivity contribution in [2.45, 2.75) is 58.2 Å². The van der Waals surface area contributed by atoms with Gasteiger partial charge in [0.1, 0.15) is 0 Å². The van der Waals surface area contributed by atoms with Crippen LogP contribution in [0.4, 0.5) is 0 Å². The Morgan fingerprint density at radius 1 is 1.26 bits per heavy atom. The molecule has 1 saturated heterocycles. The summed E-state index contributed by atoms with van der Waals surface area (Å²) in [5.74, 6) is 0. The predicted octanol–water partition coefficient (Wildman–Crippen LogP) is 3.28. The van der Waals surface area contributed by atoms with E-state index in [1.165, 1.54) is 30.4 Å². The first-order chi connectivity index (χ1) is 9.06. The number of hydrogen-bond acceptors (Lipinski definition) is 2. The molecule has 104 valence electrons. The summed E-state index contributed by atoms with van der Waals surface area (Å²) in [6, 6.07) is 10.0. The third kappa shape index (κ3) is 4.02. The second-order valence-corrected chi connectivity index (χ2v) is 6.29. The van der Waals surface area contributed by atoms with Crippen molar-refractivity contribution in [3.8, 4) is 0 Å². The number of benzene rings is 1. The van der Waals surface area contributed by atoms with Gasteiger partial charge in [0, 0.05) is 25.0 Å². The maximum Gasteiger partial charge on any atom is 0.0771 e. The molecule has 2 N–H and O–H groups in total. The third-order valence-electron chi connectivity index (χ3n) is 4.11. The molecule has 0 radical (unpaired) electrons. The third-order valence-corrected chi connectivity index (χ3v) is 4.26. The van der Waals surface area contributed by atoms with Gasteiger partial charge in [-0.15, -0.1) is 0 Å². The first-order valence-corrected chi connectivity index (χ1v) is 7.59. The van der Waals surface area contributed by atoms with Gasteiger partial charge in [-0.05, 0) is 37.8 Å². The van der Waals surface area contributed by atoms with Gasteiger partial charge in [-0.2, -0.15) is 0 Å². The van der Waals surface area contributed by atoms with Gasteiger partial charge in [0.05, 0.1) is 4.99 Å². The van der Waals surface area contributed by atoms with Crippen molar-refractivity contribution in [3.05, 3.63) is 35.4 Å². The van der Waals surface area contributed by atoms with Gasteiger partial charge in [-0.3, -0.25) is 4.90 Å². The van der Waals surface area contributed by atoms with Gasteiger partial charge in [0.25, 0.3) is 0 Å². The molecule has 2 nitrogen and oxygen atoms in total. The summed E-state index contributed by atoms with van der Waals surface area (Å²) in [6.45, 7) is 5.72. The lowest BCUT2D eigenvalue weighted by atomic mass is 9.96. The molecular weight excluding hydrogens is 252 g/mol. The van der Waals surface area contributed by atoms with Gasteiger partial charge in [0.15, 0.2) is 0 Å². The first kappa shape index (κ1) is 14.5. The maximum absolute atomic E-state index is 5.62. The molecule has 1 aromatic carbocycles. The zero-order valence-electron chi connectivity index (χ0n) is 11.9. The molecule has 1 aliphatic heterocycles. The summed E-state index contributed by atoms with van der Waals surface area (Å²) < 4.78 is 0. The van der Waals surface area contributed by atoms with Gasteiger partial charge in [-0.1, -0.05) is 42.9 Å². The van der Waals surface area contributed by atoms with Crippen molar-refractivity contribution >= 4 is 17.2 Å². The fourth-order valence-corrected chi connectivity index (χ4v) is 3.20. The zero-order valence-corrected chi connectivity index (χ0v) is 12.7. The van der Waals surface area contributed by atoms with Crippen LogP contribution in [0.25, 0.3) is 0 Å². The lowest BCUT2D eigenvalue weighted by Crippen LogP contribution is -2.42. The minimum absolute atomic E-state index is 0.567. The summed E-state index contributed by atoms with van der Waals surface area (Å²) in [5, 5.41) is 0. The van der Waals surface area contributed by atoms with E-state index in [4.69, 9.17) is 18.0 Å². The number of piperidine rings is 1. The normalized spacial score (nSPS) is 24.3. The van der Waals surface area contributed by atoms with Gasteiger partial charge < -0.3 is 5.73 Å². The molecule has 1 aliphatic rings. The largest absolute Gasteiger partial charge is 0.393 e. The monoisotopic (exact) mass is 276 g/mol. The highest BCUT2D eigenvalue weighted by Crippen LogP contribution is 2.24. The van der Waals surface area contributed by atoms with Gasteiger partial charge >= 0.3 is 0 Å². The van der Waals surface area contributed by atoms with Crippen LogP contribution in [0.1, 0.15) is 44.2 Å². The number of nitrogens with zero attached hydrogens (tertiary/aromatic N) is 1. The van der Waals surface area contributed by atoms with E-state index in [0.29, 0.717) is 23.5 Å². The predicted molar refractivity (Wildman–Crippen MR) is 85.2 cm³/mol. The first-order valence-electron chi connectivity index (χ1n) is 7.18. The number of rotatable bonds is 4.